The quantitative estimate of drug-likeness (QED) is 0.505. The molecule has 1 aromatic rings. The van der Waals surface area contributed by atoms with E-state index in [4.69, 9.17) is 6.58 Å². The monoisotopic (exact) mass is 109 g/mol. The Labute approximate surface area is 46.8 Å². The fourth-order valence-electron chi connectivity index (χ4n) is 0.376. The molecule has 0 fully saturated rings. The van der Waals surface area contributed by atoms with Crippen LogP contribution in [0, 0.1) is 13.5 Å². The SMILES string of the molecule is [CH]=Cn1nnnc1C. The second-order valence-electron chi connectivity index (χ2n) is 1.32. The smallest absolute Gasteiger partial charge is 0.152 e. The van der Waals surface area contributed by atoms with Crippen molar-refractivity contribution in [1.29, 1.82) is 0 Å². The molecule has 8 heavy (non-hydrogen) atoms. The fourth-order valence-corrected chi connectivity index (χ4v) is 0.376. The van der Waals surface area contributed by atoms with Gasteiger partial charge in [-0.2, -0.15) is 0 Å². The van der Waals surface area contributed by atoms with Gasteiger partial charge in [0.15, 0.2) is 5.82 Å². The zero-order chi connectivity index (χ0) is 5.98. The zero-order valence-corrected chi connectivity index (χ0v) is 4.44. The van der Waals surface area contributed by atoms with Crippen molar-refractivity contribution in [2.45, 2.75) is 6.92 Å². The van der Waals surface area contributed by atoms with Crippen LogP contribution in [-0.2, 0) is 0 Å². The molecule has 0 saturated heterocycles. The second kappa shape index (κ2) is 1.73. The van der Waals surface area contributed by atoms with E-state index in [0.717, 1.165) is 0 Å². The summed E-state index contributed by atoms with van der Waals surface area (Å²) in [5.74, 6) is 0.688. The Hall–Kier alpha value is -1.19. The number of tetrazole rings is 1. The van der Waals surface area contributed by atoms with Crippen molar-refractivity contribution in [1.82, 2.24) is 20.2 Å². The van der Waals surface area contributed by atoms with Crippen LogP contribution < -0.4 is 0 Å². The Kier molecular flexibility index (Phi) is 1.07. The maximum atomic E-state index is 5.09. The first kappa shape index (κ1) is 4.96. The van der Waals surface area contributed by atoms with E-state index in [1.54, 1.807) is 6.92 Å². The first-order valence-electron chi connectivity index (χ1n) is 2.14. The van der Waals surface area contributed by atoms with Crippen molar-refractivity contribution in [2.24, 2.45) is 0 Å². The summed E-state index contributed by atoms with van der Waals surface area (Å²) in [5, 5.41) is 10.4. The maximum Gasteiger partial charge on any atom is 0.152 e. The molecule has 0 spiro atoms. The first-order valence-corrected chi connectivity index (χ1v) is 2.14. The highest BCUT2D eigenvalue weighted by Gasteiger charge is 1.90. The highest BCUT2D eigenvalue weighted by Crippen LogP contribution is 1.84. The molecule has 0 bridgehead atoms. The van der Waals surface area contributed by atoms with Gasteiger partial charge in [-0.1, -0.05) is 0 Å². The molecule has 0 atom stereocenters. The van der Waals surface area contributed by atoms with Gasteiger partial charge in [-0.15, -0.1) is 5.10 Å². The van der Waals surface area contributed by atoms with Crippen molar-refractivity contribution in [3.63, 3.8) is 0 Å². The average molecular weight is 109 g/mol. The molecule has 0 unspecified atom stereocenters. The van der Waals surface area contributed by atoms with E-state index in [1.165, 1.54) is 10.9 Å². The third kappa shape index (κ3) is 0.598. The Morgan fingerprint density at radius 1 is 1.75 bits per heavy atom. The summed E-state index contributed by atoms with van der Waals surface area (Å²) >= 11 is 0. The molecule has 1 aromatic heterocycles. The largest absolute Gasteiger partial charge is 0.205 e. The van der Waals surface area contributed by atoms with Crippen molar-refractivity contribution in [3.8, 4) is 0 Å². The van der Waals surface area contributed by atoms with Crippen LogP contribution in [-0.4, -0.2) is 20.2 Å². The minimum atomic E-state index is 0.688. The van der Waals surface area contributed by atoms with Crippen molar-refractivity contribution >= 4 is 6.20 Å². The highest BCUT2D eigenvalue weighted by molar-refractivity contribution is 5.10. The highest BCUT2D eigenvalue weighted by atomic mass is 15.5. The molecule has 1 radical (unpaired) electrons. The number of rotatable bonds is 1. The number of nitrogens with zero attached hydrogens (tertiary/aromatic N) is 4. The van der Waals surface area contributed by atoms with Crippen LogP contribution in [0.5, 0.6) is 0 Å². The van der Waals surface area contributed by atoms with Gasteiger partial charge < -0.3 is 0 Å². The molecule has 1 heterocycles. The van der Waals surface area contributed by atoms with Gasteiger partial charge in [-0.25, -0.2) is 4.68 Å². The van der Waals surface area contributed by atoms with Crippen LogP contribution in [0.4, 0.5) is 0 Å². The van der Waals surface area contributed by atoms with Crippen LogP contribution in [0.2, 0.25) is 0 Å². The molecule has 1 rings (SSSR count). The normalized spacial score (nSPS) is 9.12. The summed E-state index contributed by atoms with van der Waals surface area (Å²) in [6.45, 7) is 6.86. The van der Waals surface area contributed by atoms with Crippen LogP contribution in [0.15, 0.2) is 0 Å². The van der Waals surface area contributed by atoms with E-state index >= 15 is 0 Å². The standard InChI is InChI=1S/C4H5N4/c1-3-8-4(2)5-6-7-8/h1,3H,2H3. The van der Waals surface area contributed by atoms with Gasteiger partial charge in [0.2, 0.25) is 0 Å². The molecule has 0 amide bonds. The summed E-state index contributed by atoms with van der Waals surface area (Å²) in [5.41, 5.74) is 0. The molecule has 0 saturated carbocycles. The molecular formula is C4H5N4. The van der Waals surface area contributed by atoms with Gasteiger partial charge >= 0.3 is 0 Å². The lowest BCUT2D eigenvalue weighted by Crippen LogP contribution is -1.90. The van der Waals surface area contributed by atoms with E-state index in [1.807, 2.05) is 0 Å². The summed E-state index contributed by atoms with van der Waals surface area (Å²) in [6.07, 6.45) is 1.30. The van der Waals surface area contributed by atoms with E-state index in [-0.39, 0.29) is 0 Å². The van der Waals surface area contributed by atoms with Crippen molar-refractivity contribution in [2.75, 3.05) is 0 Å². The number of hydrogen-bond acceptors (Lipinski definition) is 3. The van der Waals surface area contributed by atoms with E-state index in [2.05, 4.69) is 15.5 Å². The Bertz CT molecular complexity index is 190. The summed E-state index contributed by atoms with van der Waals surface area (Å²) in [6, 6.07) is 0. The lowest BCUT2D eigenvalue weighted by Gasteiger charge is -1.84. The van der Waals surface area contributed by atoms with Gasteiger partial charge in [-0.05, 0) is 23.9 Å². The topological polar surface area (TPSA) is 43.6 Å². The minimum Gasteiger partial charge on any atom is -0.205 e. The number of aromatic nitrogens is 4. The predicted molar refractivity (Wildman–Crippen MR) is 27.6 cm³/mol. The molecular weight excluding hydrogens is 104 g/mol. The molecule has 4 heteroatoms. The van der Waals surface area contributed by atoms with Crippen LogP contribution in [0.1, 0.15) is 5.82 Å². The van der Waals surface area contributed by atoms with E-state index < -0.39 is 0 Å². The van der Waals surface area contributed by atoms with Gasteiger partial charge in [-0.3, -0.25) is 0 Å². The molecule has 0 aliphatic rings. The summed E-state index contributed by atoms with van der Waals surface area (Å²) in [7, 11) is 0. The zero-order valence-electron chi connectivity index (χ0n) is 4.44. The molecule has 0 aliphatic carbocycles. The Morgan fingerprint density at radius 3 is 2.75 bits per heavy atom. The van der Waals surface area contributed by atoms with E-state index in [0.29, 0.717) is 5.82 Å². The third-order valence-corrected chi connectivity index (χ3v) is 0.799. The Morgan fingerprint density at radius 2 is 2.50 bits per heavy atom. The van der Waals surface area contributed by atoms with Gasteiger partial charge in [0, 0.05) is 6.20 Å². The molecule has 4 nitrogen and oxygen atoms in total. The molecule has 0 aliphatic heterocycles. The van der Waals surface area contributed by atoms with Crippen molar-refractivity contribution < 1.29 is 0 Å². The van der Waals surface area contributed by atoms with Gasteiger partial charge in [0.05, 0.1) is 0 Å². The molecule has 41 valence electrons. The lowest BCUT2D eigenvalue weighted by molar-refractivity contribution is 0.812. The molecule has 0 N–H and O–H groups in total. The summed E-state index contributed by atoms with van der Waals surface area (Å²) in [4.78, 5) is 0. The molecule has 0 aromatic carbocycles. The van der Waals surface area contributed by atoms with Gasteiger partial charge in [0.1, 0.15) is 0 Å². The average Bonchev–Trinajstić information content (AvgIpc) is 2.14. The number of aryl methyl sites for hydroxylation is 1. The van der Waals surface area contributed by atoms with Crippen LogP contribution in [0.3, 0.4) is 0 Å². The van der Waals surface area contributed by atoms with Crippen molar-refractivity contribution in [3.05, 3.63) is 12.4 Å². The predicted octanol–water partition coefficient (Wildman–Crippen LogP) is -0.115. The van der Waals surface area contributed by atoms with Gasteiger partial charge in [0.25, 0.3) is 0 Å². The van der Waals surface area contributed by atoms with Crippen LogP contribution >= 0.6 is 0 Å². The summed E-state index contributed by atoms with van der Waals surface area (Å²) < 4.78 is 1.39. The second-order valence-corrected chi connectivity index (χ2v) is 1.32. The van der Waals surface area contributed by atoms with Crippen LogP contribution in [0.25, 0.3) is 6.20 Å². The van der Waals surface area contributed by atoms with E-state index in [9.17, 15) is 0 Å². The Balaban J connectivity index is 3.09. The first-order chi connectivity index (χ1) is 3.84. The number of hydrogen-bond donors (Lipinski definition) is 0. The lowest BCUT2D eigenvalue weighted by atomic mass is 10.7. The fraction of sp³-hybridized carbons (Fsp3) is 0.250. The maximum absolute atomic E-state index is 5.09. The third-order valence-electron chi connectivity index (χ3n) is 0.799. The minimum absolute atomic E-state index is 0.688.